The molecule has 0 fully saturated rings. The van der Waals surface area contributed by atoms with Crippen LogP contribution in [-0.4, -0.2) is 96.7 Å². The van der Waals surface area contributed by atoms with Crippen LogP contribution in [0.25, 0.3) is 0 Å². The molecular formula is C73H142O17P2. The van der Waals surface area contributed by atoms with Gasteiger partial charge in [0.1, 0.15) is 19.3 Å². The van der Waals surface area contributed by atoms with Gasteiger partial charge >= 0.3 is 39.5 Å². The molecule has 0 heterocycles. The second-order valence-electron chi connectivity index (χ2n) is 27.3. The summed E-state index contributed by atoms with van der Waals surface area (Å²) in [7, 11) is -9.90. The maximum absolute atomic E-state index is 13.1. The van der Waals surface area contributed by atoms with Crippen molar-refractivity contribution in [1.29, 1.82) is 0 Å². The van der Waals surface area contributed by atoms with Gasteiger partial charge in [-0.15, -0.1) is 0 Å². The highest BCUT2D eigenvalue weighted by atomic mass is 31.2. The lowest BCUT2D eigenvalue weighted by molar-refractivity contribution is -0.161. The standard InChI is InChI=1S/C73H142O17P2/c1-7-9-11-13-15-17-18-19-20-24-27-32-38-44-50-56-71(76)84-62-69(89-72(77)57-51-45-39-33-28-25-22-21-23-26-30-35-41-47-53-65(3)4)64-88-92(81,82)86-60-67(74)59-85-91(79,80)87-63-68(61-83-70(75)55-49-43-37-16-14-12-10-8-2)90-73(78)58-52-46-40-34-29-31-36-42-48-54-66(5)6/h65-69,74H,7-64H2,1-6H3,(H,79,80)(H,81,82)/t67-,68+,69+/m0/s1. The quantitative estimate of drug-likeness (QED) is 0.0222. The van der Waals surface area contributed by atoms with Crippen molar-refractivity contribution in [1.82, 2.24) is 0 Å². The third kappa shape index (κ3) is 66.7. The Labute approximate surface area is 562 Å². The summed E-state index contributed by atoms with van der Waals surface area (Å²) in [5.41, 5.74) is 0. The van der Waals surface area contributed by atoms with Crippen molar-refractivity contribution in [3.05, 3.63) is 0 Å². The summed E-state index contributed by atoms with van der Waals surface area (Å²) in [5.74, 6) is -0.590. The number of rotatable bonds is 72. The van der Waals surface area contributed by atoms with E-state index in [1.54, 1.807) is 0 Å². The second-order valence-corrected chi connectivity index (χ2v) is 30.2. The first-order valence-electron chi connectivity index (χ1n) is 38.0. The number of hydrogen-bond acceptors (Lipinski definition) is 15. The molecule has 0 saturated carbocycles. The number of carbonyl (C=O) groups is 4. The molecule has 3 N–H and O–H groups in total. The number of ether oxygens (including phenoxy) is 4. The van der Waals surface area contributed by atoms with E-state index < -0.39 is 97.5 Å². The Morgan fingerprint density at radius 2 is 0.500 bits per heavy atom. The molecule has 5 atom stereocenters. The van der Waals surface area contributed by atoms with Gasteiger partial charge < -0.3 is 33.8 Å². The second kappa shape index (κ2) is 65.0. The van der Waals surface area contributed by atoms with E-state index >= 15 is 0 Å². The molecule has 0 aliphatic rings. The van der Waals surface area contributed by atoms with Gasteiger partial charge in [-0.3, -0.25) is 37.3 Å². The maximum atomic E-state index is 13.1. The molecular weight excluding hydrogens is 1210 g/mol. The van der Waals surface area contributed by atoms with Crippen molar-refractivity contribution >= 4 is 39.5 Å². The zero-order valence-corrected chi connectivity index (χ0v) is 61.6. The summed E-state index contributed by atoms with van der Waals surface area (Å²) in [6.45, 7) is 9.55. The number of esters is 4. The number of phosphoric acid groups is 2. The molecule has 2 unspecified atom stereocenters. The first-order valence-corrected chi connectivity index (χ1v) is 41.0. The molecule has 0 amide bonds. The monoisotopic (exact) mass is 1350 g/mol. The summed E-state index contributed by atoms with van der Waals surface area (Å²) in [6.07, 6.45) is 51.4. The Balaban J connectivity index is 5.22. The predicted molar refractivity (Wildman–Crippen MR) is 372 cm³/mol. The average molecular weight is 1350 g/mol. The molecule has 0 saturated heterocycles. The summed E-state index contributed by atoms with van der Waals surface area (Å²) < 4.78 is 68.3. The van der Waals surface area contributed by atoms with Crippen LogP contribution in [0.2, 0.25) is 0 Å². The summed E-state index contributed by atoms with van der Waals surface area (Å²) in [5, 5.41) is 10.6. The van der Waals surface area contributed by atoms with E-state index in [2.05, 4.69) is 41.5 Å². The minimum Gasteiger partial charge on any atom is -0.462 e. The van der Waals surface area contributed by atoms with Crippen LogP contribution in [0.1, 0.15) is 375 Å². The van der Waals surface area contributed by atoms with Crippen LogP contribution in [-0.2, 0) is 65.4 Å². The molecule has 0 aromatic rings. The Bertz CT molecular complexity index is 1790. The largest absolute Gasteiger partial charge is 0.472 e. The minimum absolute atomic E-state index is 0.105. The fraction of sp³-hybridized carbons (Fsp3) is 0.945. The number of phosphoric ester groups is 2. The topological polar surface area (TPSA) is 237 Å². The summed E-state index contributed by atoms with van der Waals surface area (Å²) in [6, 6.07) is 0. The molecule has 546 valence electrons. The zero-order valence-electron chi connectivity index (χ0n) is 59.9. The van der Waals surface area contributed by atoms with Crippen LogP contribution in [0.5, 0.6) is 0 Å². The first kappa shape index (κ1) is 90.1. The molecule has 19 heteroatoms. The molecule has 17 nitrogen and oxygen atoms in total. The number of aliphatic hydroxyl groups is 1. The van der Waals surface area contributed by atoms with Crippen LogP contribution < -0.4 is 0 Å². The van der Waals surface area contributed by atoms with Crippen LogP contribution in [0.4, 0.5) is 0 Å². The molecule has 0 bridgehead atoms. The molecule has 0 spiro atoms. The van der Waals surface area contributed by atoms with Crippen LogP contribution in [0, 0.1) is 11.8 Å². The third-order valence-electron chi connectivity index (χ3n) is 17.0. The Hall–Kier alpha value is -1.94. The predicted octanol–water partition coefficient (Wildman–Crippen LogP) is 21.2. The number of carbonyl (C=O) groups excluding carboxylic acids is 4. The van der Waals surface area contributed by atoms with Gasteiger partial charge in [0.2, 0.25) is 0 Å². The van der Waals surface area contributed by atoms with E-state index in [0.29, 0.717) is 25.7 Å². The van der Waals surface area contributed by atoms with E-state index in [-0.39, 0.29) is 25.7 Å². The lowest BCUT2D eigenvalue weighted by Crippen LogP contribution is -2.30. The fourth-order valence-electron chi connectivity index (χ4n) is 11.1. The van der Waals surface area contributed by atoms with E-state index in [1.165, 1.54) is 186 Å². The Morgan fingerprint density at radius 3 is 0.739 bits per heavy atom. The molecule has 0 aromatic heterocycles. The van der Waals surface area contributed by atoms with Crippen molar-refractivity contribution in [2.75, 3.05) is 39.6 Å². The highest BCUT2D eigenvalue weighted by Crippen LogP contribution is 2.45. The molecule has 0 aliphatic heterocycles. The maximum Gasteiger partial charge on any atom is 0.472 e. The highest BCUT2D eigenvalue weighted by Gasteiger charge is 2.30. The van der Waals surface area contributed by atoms with Gasteiger partial charge in [0, 0.05) is 25.7 Å². The third-order valence-corrected chi connectivity index (χ3v) is 18.9. The lowest BCUT2D eigenvalue weighted by Gasteiger charge is -2.21. The van der Waals surface area contributed by atoms with Crippen molar-refractivity contribution in [3.63, 3.8) is 0 Å². The Morgan fingerprint density at radius 1 is 0.293 bits per heavy atom. The van der Waals surface area contributed by atoms with Gasteiger partial charge in [-0.25, -0.2) is 9.13 Å². The van der Waals surface area contributed by atoms with Crippen molar-refractivity contribution in [2.45, 2.75) is 394 Å². The first-order chi connectivity index (χ1) is 44.4. The van der Waals surface area contributed by atoms with Crippen LogP contribution in [0.3, 0.4) is 0 Å². The summed E-state index contributed by atoms with van der Waals surface area (Å²) in [4.78, 5) is 72.6. The van der Waals surface area contributed by atoms with Crippen molar-refractivity contribution < 1.29 is 80.2 Å². The van der Waals surface area contributed by atoms with E-state index in [4.69, 9.17) is 37.0 Å². The van der Waals surface area contributed by atoms with Crippen molar-refractivity contribution in [3.8, 4) is 0 Å². The fourth-order valence-corrected chi connectivity index (χ4v) is 12.7. The van der Waals surface area contributed by atoms with E-state index in [0.717, 1.165) is 108 Å². The smallest absolute Gasteiger partial charge is 0.462 e. The van der Waals surface area contributed by atoms with Gasteiger partial charge in [0.25, 0.3) is 0 Å². The van der Waals surface area contributed by atoms with Gasteiger partial charge in [-0.1, -0.05) is 324 Å². The Kier molecular flexibility index (Phi) is 63.7. The van der Waals surface area contributed by atoms with Crippen LogP contribution in [0.15, 0.2) is 0 Å². The minimum atomic E-state index is -4.95. The van der Waals surface area contributed by atoms with E-state index in [9.17, 15) is 43.2 Å². The molecule has 0 rings (SSSR count). The van der Waals surface area contributed by atoms with Crippen LogP contribution >= 0.6 is 15.6 Å². The number of hydrogen-bond donors (Lipinski definition) is 3. The van der Waals surface area contributed by atoms with Gasteiger partial charge in [0.05, 0.1) is 26.4 Å². The summed E-state index contributed by atoms with van der Waals surface area (Å²) >= 11 is 0. The SMILES string of the molecule is CCCCCCCCCCCCCCCCCC(=O)OC[C@H](COP(=O)(O)OC[C@@H](O)COP(=O)(O)OC[C@@H](COC(=O)CCCCCCCCCC)OC(=O)CCCCCCCCCCCC(C)C)OC(=O)CCCCCCCCCCCCCCCCC(C)C. The van der Waals surface area contributed by atoms with Gasteiger partial charge in [-0.05, 0) is 37.5 Å². The zero-order chi connectivity index (χ0) is 67.9. The van der Waals surface area contributed by atoms with Gasteiger partial charge in [-0.2, -0.15) is 0 Å². The molecule has 0 aliphatic carbocycles. The van der Waals surface area contributed by atoms with Crippen molar-refractivity contribution in [2.24, 2.45) is 11.8 Å². The highest BCUT2D eigenvalue weighted by molar-refractivity contribution is 7.47. The van der Waals surface area contributed by atoms with E-state index in [1.807, 2.05) is 0 Å². The normalized spacial score (nSPS) is 14.1. The molecule has 92 heavy (non-hydrogen) atoms. The number of aliphatic hydroxyl groups excluding tert-OH is 1. The van der Waals surface area contributed by atoms with Gasteiger partial charge in [0.15, 0.2) is 12.2 Å². The molecule has 0 aromatic carbocycles. The number of unbranched alkanes of at least 4 members (excludes halogenated alkanes) is 42. The average Bonchev–Trinajstić information content (AvgIpc) is 1.87. The molecule has 0 radical (unpaired) electrons. The lowest BCUT2D eigenvalue weighted by atomic mass is 10.0.